The largest absolute Gasteiger partial charge is 0.305 e. The lowest BCUT2D eigenvalue weighted by atomic mass is 10.1. The molecule has 1 N–H and O–H groups in total. The second-order valence-corrected chi connectivity index (χ2v) is 4.31. The minimum absolute atomic E-state index is 0.284. The Morgan fingerprint density at radius 3 is 2.93 bits per heavy atom. The Morgan fingerprint density at radius 1 is 1.64 bits per heavy atom. The van der Waals surface area contributed by atoms with Crippen LogP contribution >= 0.6 is 11.3 Å². The van der Waals surface area contributed by atoms with Crippen LogP contribution < -0.4 is 5.32 Å². The minimum atomic E-state index is 0.284. The van der Waals surface area contributed by atoms with Gasteiger partial charge >= 0.3 is 0 Å². The normalized spacial score (nSPS) is 12.5. The van der Waals surface area contributed by atoms with Gasteiger partial charge in [-0.3, -0.25) is 0 Å². The molecule has 1 aromatic rings. The number of aromatic nitrogens is 1. The first-order valence-corrected chi connectivity index (χ1v) is 5.94. The fourth-order valence-electron chi connectivity index (χ4n) is 1.26. The van der Waals surface area contributed by atoms with Crippen LogP contribution in [0, 0.1) is 0 Å². The van der Waals surface area contributed by atoms with Crippen molar-refractivity contribution in [2.45, 2.75) is 33.2 Å². The Hall–Kier alpha value is -0.670. The van der Waals surface area contributed by atoms with E-state index in [4.69, 9.17) is 0 Å². The van der Waals surface area contributed by atoms with E-state index in [1.807, 2.05) is 5.51 Å². The SMILES string of the molecule is CCCNC(C=C(C)C)c1cscn1. The zero-order chi connectivity index (χ0) is 10.4. The maximum atomic E-state index is 4.33. The molecule has 3 heteroatoms. The number of hydrogen-bond donors (Lipinski definition) is 1. The predicted molar refractivity (Wildman–Crippen MR) is 62.6 cm³/mol. The van der Waals surface area contributed by atoms with Crippen molar-refractivity contribution in [3.8, 4) is 0 Å². The van der Waals surface area contributed by atoms with Crippen LogP contribution in [0.1, 0.15) is 38.9 Å². The van der Waals surface area contributed by atoms with Gasteiger partial charge in [-0.15, -0.1) is 11.3 Å². The molecule has 2 nitrogen and oxygen atoms in total. The first-order chi connectivity index (χ1) is 6.74. The molecule has 1 heterocycles. The zero-order valence-corrected chi connectivity index (χ0v) is 9.90. The summed E-state index contributed by atoms with van der Waals surface area (Å²) in [7, 11) is 0. The predicted octanol–water partition coefficient (Wildman–Crippen LogP) is 3.15. The summed E-state index contributed by atoms with van der Waals surface area (Å²) in [5, 5.41) is 5.57. The molecular weight excluding hydrogens is 192 g/mol. The van der Waals surface area contributed by atoms with Crippen LogP contribution in [0.3, 0.4) is 0 Å². The van der Waals surface area contributed by atoms with E-state index in [0.29, 0.717) is 0 Å². The van der Waals surface area contributed by atoms with Crippen molar-refractivity contribution >= 4 is 11.3 Å². The lowest BCUT2D eigenvalue weighted by Crippen LogP contribution is -2.20. The molecule has 0 spiro atoms. The van der Waals surface area contributed by atoms with Gasteiger partial charge in [-0.25, -0.2) is 4.98 Å². The number of nitrogens with zero attached hydrogens (tertiary/aromatic N) is 1. The molecule has 0 bridgehead atoms. The topological polar surface area (TPSA) is 24.9 Å². The quantitative estimate of drug-likeness (QED) is 0.755. The fraction of sp³-hybridized carbons (Fsp3) is 0.545. The molecule has 0 fully saturated rings. The van der Waals surface area contributed by atoms with Crippen molar-refractivity contribution < 1.29 is 0 Å². The summed E-state index contributed by atoms with van der Waals surface area (Å²) in [4.78, 5) is 4.33. The molecule has 0 aromatic carbocycles. The number of thiazole rings is 1. The van der Waals surface area contributed by atoms with Crippen LogP contribution in [-0.2, 0) is 0 Å². The van der Waals surface area contributed by atoms with Crippen LogP contribution in [0.5, 0.6) is 0 Å². The van der Waals surface area contributed by atoms with Gasteiger partial charge < -0.3 is 5.32 Å². The highest BCUT2D eigenvalue weighted by Gasteiger charge is 2.08. The Bertz CT molecular complexity index is 273. The van der Waals surface area contributed by atoms with Crippen molar-refractivity contribution in [1.29, 1.82) is 0 Å². The molecule has 14 heavy (non-hydrogen) atoms. The molecule has 0 saturated heterocycles. The molecule has 1 atom stereocenters. The third-order valence-electron chi connectivity index (χ3n) is 1.88. The Morgan fingerprint density at radius 2 is 2.43 bits per heavy atom. The van der Waals surface area contributed by atoms with E-state index in [0.717, 1.165) is 18.7 Å². The lowest BCUT2D eigenvalue weighted by Gasteiger charge is -2.12. The smallest absolute Gasteiger partial charge is 0.0795 e. The van der Waals surface area contributed by atoms with Gasteiger partial charge in [-0.1, -0.05) is 18.6 Å². The van der Waals surface area contributed by atoms with Crippen molar-refractivity contribution in [1.82, 2.24) is 10.3 Å². The van der Waals surface area contributed by atoms with Crippen LogP contribution in [0.2, 0.25) is 0 Å². The molecule has 0 saturated carbocycles. The third kappa shape index (κ3) is 3.60. The van der Waals surface area contributed by atoms with Crippen LogP contribution in [0.25, 0.3) is 0 Å². The van der Waals surface area contributed by atoms with Crippen molar-refractivity contribution in [2.75, 3.05) is 6.54 Å². The van der Waals surface area contributed by atoms with Crippen LogP contribution in [-0.4, -0.2) is 11.5 Å². The number of rotatable bonds is 5. The standard InChI is InChI=1S/C11H18N2S/c1-4-5-12-10(6-9(2)3)11-7-14-8-13-11/h6-8,10,12H,4-5H2,1-3H3. The minimum Gasteiger partial charge on any atom is -0.305 e. The highest BCUT2D eigenvalue weighted by Crippen LogP contribution is 2.15. The van der Waals surface area contributed by atoms with Crippen molar-refractivity contribution in [3.05, 3.63) is 28.2 Å². The maximum Gasteiger partial charge on any atom is 0.0795 e. The molecule has 1 unspecified atom stereocenters. The van der Waals surface area contributed by atoms with Crippen LogP contribution in [0.4, 0.5) is 0 Å². The molecule has 0 aliphatic heterocycles. The van der Waals surface area contributed by atoms with E-state index in [1.165, 1.54) is 5.57 Å². The molecule has 1 aromatic heterocycles. The highest BCUT2D eigenvalue weighted by molar-refractivity contribution is 7.07. The van der Waals surface area contributed by atoms with E-state index in [-0.39, 0.29) is 6.04 Å². The van der Waals surface area contributed by atoms with E-state index >= 15 is 0 Å². The van der Waals surface area contributed by atoms with Gasteiger partial charge in [-0.2, -0.15) is 0 Å². The Labute approximate surface area is 90.1 Å². The molecule has 78 valence electrons. The summed E-state index contributed by atoms with van der Waals surface area (Å²) in [6.07, 6.45) is 3.38. The second kappa shape index (κ2) is 5.94. The molecule has 0 aliphatic rings. The monoisotopic (exact) mass is 210 g/mol. The van der Waals surface area contributed by atoms with Gasteiger partial charge in [-0.05, 0) is 26.8 Å². The third-order valence-corrected chi connectivity index (χ3v) is 2.49. The first kappa shape index (κ1) is 11.4. The first-order valence-electron chi connectivity index (χ1n) is 5.00. The molecule has 0 amide bonds. The van der Waals surface area contributed by atoms with Gasteiger partial charge in [0, 0.05) is 5.38 Å². The van der Waals surface area contributed by atoms with Gasteiger partial charge in [0.25, 0.3) is 0 Å². The Balaban J connectivity index is 2.67. The van der Waals surface area contributed by atoms with E-state index in [1.54, 1.807) is 11.3 Å². The maximum absolute atomic E-state index is 4.33. The summed E-state index contributed by atoms with van der Waals surface area (Å²) in [6.45, 7) is 7.44. The van der Waals surface area contributed by atoms with Gasteiger partial charge in [0.15, 0.2) is 0 Å². The zero-order valence-electron chi connectivity index (χ0n) is 9.08. The van der Waals surface area contributed by atoms with Gasteiger partial charge in [0.2, 0.25) is 0 Å². The summed E-state index contributed by atoms with van der Waals surface area (Å²) in [6, 6.07) is 0.284. The summed E-state index contributed by atoms with van der Waals surface area (Å²) in [5.74, 6) is 0. The van der Waals surface area contributed by atoms with E-state index in [9.17, 15) is 0 Å². The van der Waals surface area contributed by atoms with E-state index in [2.05, 4.69) is 42.5 Å². The van der Waals surface area contributed by atoms with Crippen molar-refractivity contribution in [3.63, 3.8) is 0 Å². The molecule has 0 radical (unpaired) electrons. The van der Waals surface area contributed by atoms with Gasteiger partial charge in [0.05, 0.1) is 17.2 Å². The fourth-order valence-corrected chi connectivity index (χ4v) is 1.85. The van der Waals surface area contributed by atoms with Crippen LogP contribution in [0.15, 0.2) is 22.5 Å². The highest BCUT2D eigenvalue weighted by atomic mass is 32.1. The number of nitrogens with one attached hydrogen (secondary N) is 1. The summed E-state index contributed by atoms with van der Waals surface area (Å²) >= 11 is 1.65. The van der Waals surface area contributed by atoms with Crippen molar-refractivity contribution in [2.24, 2.45) is 0 Å². The number of allylic oxidation sites excluding steroid dienone is 1. The average Bonchev–Trinajstić information content (AvgIpc) is 2.64. The second-order valence-electron chi connectivity index (χ2n) is 3.59. The Kier molecular flexibility index (Phi) is 4.84. The molecular formula is C11H18N2S. The lowest BCUT2D eigenvalue weighted by molar-refractivity contribution is 0.600. The summed E-state index contributed by atoms with van der Waals surface area (Å²) < 4.78 is 0. The summed E-state index contributed by atoms with van der Waals surface area (Å²) in [5.41, 5.74) is 4.34. The number of hydrogen-bond acceptors (Lipinski definition) is 3. The molecule has 0 aliphatic carbocycles. The van der Waals surface area contributed by atoms with Gasteiger partial charge in [0.1, 0.15) is 0 Å². The average molecular weight is 210 g/mol. The van der Waals surface area contributed by atoms with E-state index < -0.39 is 0 Å². The molecule has 1 rings (SSSR count).